The van der Waals surface area contributed by atoms with Crippen LogP contribution in [0, 0.1) is 11.3 Å². The average molecular weight is 416 g/mol. The zero-order chi connectivity index (χ0) is 21.3. The fourth-order valence-corrected chi connectivity index (χ4v) is 3.64. The zero-order valence-corrected chi connectivity index (χ0v) is 16.2. The first-order valence-corrected chi connectivity index (χ1v) is 9.36. The van der Waals surface area contributed by atoms with Gasteiger partial charge in [0.15, 0.2) is 0 Å². The van der Waals surface area contributed by atoms with Crippen LogP contribution < -0.4 is 4.90 Å². The molecule has 0 saturated carbocycles. The van der Waals surface area contributed by atoms with E-state index in [0.717, 1.165) is 0 Å². The lowest BCUT2D eigenvalue weighted by molar-refractivity contribution is -0.132. The second-order valence-electron chi connectivity index (χ2n) is 6.62. The molecule has 2 heterocycles. The summed E-state index contributed by atoms with van der Waals surface area (Å²) in [4.78, 5) is 31.3. The number of pyridine rings is 1. The van der Waals surface area contributed by atoms with Crippen LogP contribution in [0.3, 0.4) is 0 Å². The second kappa shape index (κ2) is 7.82. The summed E-state index contributed by atoms with van der Waals surface area (Å²) in [6, 6.07) is 17.3. The van der Waals surface area contributed by atoms with Gasteiger partial charge in [0, 0.05) is 28.7 Å². The number of anilines is 1. The number of carbonyl (C=O) groups excluding carboxylic acids is 2. The van der Waals surface area contributed by atoms with Crippen LogP contribution in [-0.4, -0.2) is 21.8 Å². The summed E-state index contributed by atoms with van der Waals surface area (Å²) in [6.07, 6.45) is 3.10. The summed E-state index contributed by atoms with van der Waals surface area (Å²) in [7, 11) is 0. The molecule has 1 aliphatic rings. The van der Waals surface area contributed by atoms with Gasteiger partial charge in [0.25, 0.3) is 11.7 Å². The van der Waals surface area contributed by atoms with Crippen LogP contribution in [0.15, 0.2) is 78.6 Å². The van der Waals surface area contributed by atoms with E-state index in [-0.39, 0.29) is 11.3 Å². The van der Waals surface area contributed by atoms with E-state index in [1.54, 1.807) is 67.0 Å². The van der Waals surface area contributed by atoms with Crippen molar-refractivity contribution >= 4 is 34.7 Å². The Kier molecular flexibility index (Phi) is 5.05. The molecule has 2 aromatic carbocycles. The number of amides is 1. The number of nitrogens with zero attached hydrogens (tertiary/aromatic N) is 3. The number of halogens is 1. The van der Waals surface area contributed by atoms with Crippen molar-refractivity contribution in [1.82, 2.24) is 4.98 Å². The normalized spacial score (nSPS) is 17.7. The summed E-state index contributed by atoms with van der Waals surface area (Å²) in [6.45, 7) is 0. The van der Waals surface area contributed by atoms with Crippen LogP contribution in [0.4, 0.5) is 5.69 Å². The Morgan fingerprint density at radius 3 is 2.40 bits per heavy atom. The number of Topliss-reactive ketones (excluding diaryl/α,β-unsaturated/α-hetero) is 1. The third-order valence-corrected chi connectivity index (χ3v) is 5.07. The van der Waals surface area contributed by atoms with Gasteiger partial charge in [-0.3, -0.25) is 19.5 Å². The number of carbonyl (C=O) groups is 2. The molecule has 1 saturated heterocycles. The first kappa shape index (κ1) is 19.4. The van der Waals surface area contributed by atoms with Crippen LogP contribution >= 0.6 is 11.6 Å². The molecule has 4 rings (SSSR count). The SMILES string of the molecule is N#Cc1ccc(N2C(=O)C(=O)/C(=C(\O)c3cccc(Cl)c3)C2c2ccncc2)cc1. The lowest BCUT2D eigenvalue weighted by Gasteiger charge is -2.25. The zero-order valence-electron chi connectivity index (χ0n) is 15.5. The minimum atomic E-state index is -0.861. The Morgan fingerprint density at radius 2 is 1.77 bits per heavy atom. The largest absolute Gasteiger partial charge is 0.507 e. The number of aliphatic hydroxyl groups excluding tert-OH is 1. The maximum absolute atomic E-state index is 13.0. The highest BCUT2D eigenvalue weighted by atomic mass is 35.5. The minimum absolute atomic E-state index is 0.0437. The number of rotatable bonds is 3. The smallest absolute Gasteiger partial charge is 0.300 e. The van der Waals surface area contributed by atoms with Crippen LogP contribution in [-0.2, 0) is 9.59 Å². The number of benzene rings is 2. The van der Waals surface area contributed by atoms with Crippen molar-refractivity contribution < 1.29 is 14.7 Å². The van der Waals surface area contributed by atoms with E-state index in [9.17, 15) is 14.7 Å². The maximum atomic E-state index is 13.0. The molecule has 146 valence electrons. The Bertz CT molecular complexity index is 1210. The van der Waals surface area contributed by atoms with Crippen molar-refractivity contribution in [2.75, 3.05) is 4.90 Å². The number of hydrogen-bond donors (Lipinski definition) is 1. The number of ketones is 1. The molecule has 3 aromatic rings. The Hall–Kier alpha value is -3.95. The predicted molar refractivity (Wildman–Crippen MR) is 112 cm³/mol. The van der Waals surface area contributed by atoms with Crippen LogP contribution in [0.5, 0.6) is 0 Å². The molecular weight excluding hydrogens is 402 g/mol. The molecule has 1 fully saturated rings. The van der Waals surface area contributed by atoms with Gasteiger partial charge in [0.05, 0.1) is 23.2 Å². The Morgan fingerprint density at radius 1 is 1.07 bits per heavy atom. The highest BCUT2D eigenvalue weighted by Gasteiger charge is 2.46. The van der Waals surface area contributed by atoms with E-state index >= 15 is 0 Å². The van der Waals surface area contributed by atoms with Crippen molar-refractivity contribution in [3.63, 3.8) is 0 Å². The van der Waals surface area contributed by atoms with Gasteiger partial charge in [-0.15, -0.1) is 0 Å². The van der Waals surface area contributed by atoms with Crippen molar-refractivity contribution in [2.45, 2.75) is 6.04 Å². The molecule has 1 aliphatic heterocycles. The molecule has 6 nitrogen and oxygen atoms in total. The van der Waals surface area contributed by atoms with Gasteiger partial charge < -0.3 is 5.11 Å². The van der Waals surface area contributed by atoms with E-state index in [2.05, 4.69) is 4.98 Å². The fraction of sp³-hybridized carbons (Fsp3) is 0.0435. The molecule has 30 heavy (non-hydrogen) atoms. The monoisotopic (exact) mass is 415 g/mol. The summed E-state index contributed by atoms with van der Waals surface area (Å²) in [5, 5.41) is 20.4. The number of hydrogen-bond acceptors (Lipinski definition) is 5. The molecule has 0 bridgehead atoms. The van der Waals surface area contributed by atoms with Gasteiger partial charge in [-0.1, -0.05) is 23.7 Å². The Balaban J connectivity index is 1.93. The number of aromatic nitrogens is 1. The van der Waals surface area contributed by atoms with Gasteiger partial charge in [0.1, 0.15) is 5.76 Å². The molecule has 0 spiro atoms. The van der Waals surface area contributed by atoms with Crippen molar-refractivity contribution in [3.05, 3.63) is 100 Å². The minimum Gasteiger partial charge on any atom is -0.507 e. The molecule has 7 heteroatoms. The van der Waals surface area contributed by atoms with Crippen LogP contribution in [0.25, 0.3) is 5.76 Å². The van der Waals surface area contributed by atoms with Crippen molar-refractivity contribution in [1.29, 1.82) is 5.26 Å². The third-order valence-electron chi connectivity index (χ3n) is 4.84. The standard InChI is InChI=1S/C23H14ClN3O3/c24-17-3-1-2-16(12-17)21(28)19-20(15-8-10-26-11-9-15)27(23(30)22(19)29)18-6-4-14(13-25)5-7-18/h1-12,20,28H/b21-19-. The molecule has 0 aliphatic carbocycles. The van der Waals surface area contributed by atoms with Gasteiger partial charge in [-0.25, -0.2) is 0 Å². The number of aliphatic hydroxyl groups is 1. The molecule has 1 N–H and O–H groups in total. The van der Waals surface area contributed by atoms with E-state index in [4.69, 9.17) is 16.9 Å². The summed E-state index contributed by atoms with van der Waals surface area (Å²) in [5.41, 5.74) is 1.76. The second-order valence-corrected chi connectivity index (χ2v) is 7.06. The fourth-order valence-electron chi connectivity index (χ4n) is 3.45. The van der Waals surface area contributed by atoms with E-state index in [0.29, 0.717) is 27.4 Å². The van der Waals surface area contributed by atoms with E-state index in [1.165, 1.54) is 11.0 Å². The van der Waals surface area contributed by atoms with Gasteiger partial charge in [-0.2, -0.15) is 5.26 Å². The lowest BCUT2D eigenvalue weighted by atomic mass is 9.96. The summed E-state index contributed by atoms with van der Waals surface area (Å²) in [5.74, 6) is -1.89. The average Bonchev–Trinajstić information content (AvgIpc) is 3.04. The summed E-state index contributed by atoms with van der Waals surface area (Å²) >= 11 is 6.04. The molecule has 1 unspecified atom stereocenters. The molecule has 1 amide bonds. The van der Waals surface area contributed by atoms with Crippen molar-refractivity contribution in [2.24, 2.45) is 0 Å². The van der Waals surface area contributed by atoms with Crippen LogP contribution in [0.2, 0.25) is 5.02 Å². The highest BCUT2D eigenvalue weighted by Crippen LogP contribution is 2.42. The first-order chi connectivity index (χ1) is 14.5. The Labute approximate surface area is 177 Å². The maximum Gasteiger partial charge on any atom is 0.300 e. The van der Waals surface area contributed by atoms with Gasteiger partial charge >= 0.3 is 0 Å². The van der Waals surface area contributed by atoms with Crippen molar-refractivity contribution in [3.8, 4) is 6.07 Å². The molecule has 1 atom stereocenters. The molecule has 1 aromatic heterocycles. The van der Waals surface area contributed by atoms with E-state index < -0.39 is 17.7 Å². The lowest BCUT2D eigenvalue weighted by Crippen LogP contribution is -2.29. The van der Waals surface area contributed by atoms with E-state index in [1.807, 2.05) is 6.07 Å². The quantitative estimate of drug-likeness (QED) is 0.392. The van der Waals surface area contributed by atoms with Crippen LogP contribution in [0.1, 0.15) is 22.7 Å². The summed E-state index contributed by atoms with van der Waals surface area (Å²) < 4.78 is 0. The van der Waals surface area contributed by atoms with Gasteiger partial charge in [-0.05, 0) is 54.1 Å². The first-order valence-electron chi connectivity index (χ1n) is 8.98. The number of nitriles is 1. The molecular formula is C23H14ClN3O3. The third kappa shape index (κ3) is 3.32. The predicted octanol–water partition coefficient (Wildman–Crippen LogP) is 4.23. The van der Waals surface area contributed by atoms with Gasteiger partial charge in [0.2, 0.25) is 0 Å². The molecule has 0 radical (unpaired) electrons. The highest BCUT2D eigenvalue weighted by molar-refractivity contribution is 6.51. The topological polar surface area (TPSA) is 94.3 Å².